The normalized spacial score (nSPS) is 15.2. The Balaban J connectivity index is -0.00000402. The maximum absolute atomic E-state index is 11.7. The number of rotatable bonds is 28. The Bertz CT molecular complexity index is 1490. The molecule has 2 atom stereocenters. The molecule has 0 spiro atoms. The fraction of sp³-hybridized carbons (Fsp3) is 0.673. The van der Waals surface area contributed by atoms with E-state index in [4.69, 9.17) is 25.0 Å². The molecule has 1 aliphatic rings. The van der Waals surface area contributed by atoms with Gasteiger partial charge in [0.1, 0.15) is 11.5 Å². The Morgan fingerprint density at radius 3 is 1.26 bits per heavy atom. The molecule has 1 aliphatic carbocycles. The van der Waals surface area contributed by atoms with Crippen LogP contribution < -0.4 is 0 Å². The van der Waals surface area contributed by atoms with Crippen LogP contribution in [0.4, 0.5) is 4.79 Å². The van der Waals surface area contributed by atoms with Gasteiger partial charge in [0.25, 0.3) is 0 Å². The van der Waals surface area contributed by atoms with Crippen LogP contribution >= 0.6 is 0 Å². The molecule has 2 aromatic carbocycles. The van der Waals surface area contributed by atoms with Crippen LogP contribution in [0, 0.1) is 34.1 Å². The van der Waals surface area contributed by atoms with E-state index < -0.39 is 6.16 Å². The number of unbranched alkanes of at least 4 members (excludes halogenated alkanes) is 8. The summed E-state index contributed by atoms with van der Waals surface area (Å²) < 4.78 is 1.23. The summed E-state index contributed by atoms with van der Waals surface area (Å²) in [5, 5.41) is 36.9. The van der Waals surface area contributed by atoms with E-state index in [-0.39, 0.29) is 57.1 Å². The minimum atomic E-state index is -1.83. The number of aliphatic imine (C=N–C) groups is 2. The molecule has 2 aromatic rings. The number of aryl methyl sites for hydroxylation is 4. The molecule has 3 rings (SSSR count). The van der Waals surface area contributed by atoms with E-state index in [0.717, 1.165) is 72.8 Å². The maximum atomic E-state index is 11.7. The van der Waals surface area contributed by atoms with Crippen molar-refractivity contribution in [1.29, 1.82) is 0 Å². The van der Waals surface area contributed by atoms with Gasteiger partial charge in [-0.05, 0) is 99.6 Å². The molecule has 0 heterocycles. The van der Waals surface area contributed by atoms with Crippen molar-refractivity contribution in [1.82, 2.24) is 0 Å². The van der Waals surface area contributed by atoms with Gasteiger partial charge < -0.3 is 39.8 Å². The molecule has 1 saturated carbocycles. The van der Waals surface area contributed by atoms with Crippen LogP contribution in [-0.4, -0.2) is 81.8 Å². The molecular formula is C52H92CrN3O5-. The van der Waals surface area contributed by atoms with E-state index in [1.165, 1.54) is 113 Å². The molecule has 0 saturated heterocycles. The molecule has 8 nitrogen and oxygen atoms in total. The average molecular weight is 891 g/mol. The monoisotopic (exact) mass is 891 g/mol. The van der Waals surface area contributed by atoms with Crippen molar-refractivity contribution < 1.29 is 47.1 Å². The summed E-state index contributed by atoms with van der Waals surface area (Å²) >= 11 is 0. The first-order valence-electron chi connectivity index (χ1n) is 22.9. The van der Waals surface area contributed by atoms with Crippen LogP contribution in [0.15, 0.2) is 34.3 Å². The molecule has 0 radical (unpaired) electrons. The van der Waals surface area contributed by atoms with Gasteiger partial charge in [-0.25, -0.2) is 4.79 Å². The predicted molar refractivity (Wildman–Crippen MR) is 261 cm³/mol. The maximum Gasteiger partial charge on any atom is 0.503 e. The topological polar surface area (TPSA) is 123 Å². The number of carbonyl (C=O) groups is 1. The Kier molecular flexibility index (Phi) is 34.5. The number of hydrogen-bond donors (Lipinski definition) is 4. The number of benzene rings is 2. The van der Waals surface area contributed by atoms with E-state index in [0.29, 0.717) is 11.5 Å². The average Bonchev–Trinajstić information content (AvgIpc) is 3.78. The number of hydrogen-bond acceptors (Lipinski definition) is 5. The first kappa shape index (κ1) is 62.4. The number of phenolic OH excluding ortho intramolecular Hbond substituents is 2. The fourth-order valence-corrected chi connectivity index (χ4v) is 8.82. The van der Waals surface area contributed by atoms with Crippen molar-refractivity contribution in [3.63, 3.8) is 0 Å². The molecule has 352 valence electrons. The van der Waals surface area contributed by atoms with Crippen LogP contribution in [0.5, 0.6) is 11.5 Å². The van der Waals surface area contributed by atoms with Crippen LogP contribution in [-0.2, 0) is 30.2 Å². The number of quaternary nitrogens is 1. The van der Waals surface area contributed by atoms with Gasteiger partial charge in [0.15, 0.2) is 0 Å². The van der Waals surface area contributed by atoms with Gasteiger partial charge in [-0.1, -0.05) is 125 Å². The molecule has 0 aromatic heterocycles. The summed E-state index contributed by atoms with van der Waals surface area (Å²) in [6.45, 7) is 23.0. The quantitative estimate of drug-likeness (QED) is 0.0293. The standard InChI is InChI=1S/C48H79N3O2.CH2O3.CH4.2CH3.Cr/c1-9-15-21-26-48(27-22-16-10-2)46(49-36-42-34-38(7)32-40(44(42)52)24-17-11-3)47(48)50-37-43-35-39(8)33-41(45(43)53)25-23-31-51(28-18-12-4,29-19-13-5)30-20-14-6;2-1(3)4;;;;/h32-37,46-47H,9-31H2,1-8H3,(H-,49,50,52,53);(H2,2,3,4);1H4;2*1H3;/q;;;2*-1;/p+1. The minimum Gasteiger partial charge on any atom is -0.507 e. The second-order valence-corrected chi connectivity index (χ2v) is 17.1. The molecule has 0 bridgehead atoms. The van der Waals surface area contributed by atoms with E-state index in [1.807, 2.05) is 12.4 Å². The third-order valence-corrected chi connectivity index (χ3v) is 12.2. The zero-order valence-electron chi connectivity index (χ0n) is 39.8. The largest absolute Gasteiger partial charge is 0.507 e. The molecular weight excluding hydrogens is 799 g/mol. The van der Waals surface area contributed by atoms with E-state index in [1.54, 1.807) is 0 Å². The van der Waals surface area contributed by atoms with Gasteiger partial charge in [0, 0.05) is 52.8 Å². The van der Waals surface area contributed by atoms with Crippen LogP contribution in [0.1, 0.15) is 192 Å². The molecule has 0 amide bonds. The Hall–Kier alpha value is -2.86. The zero-order chi connectivity index (χ0) is 42.3. The summed E-state index contributed by atoms with van der Waals surface area (Å²) in [6.07, 6.45) is 24.2. The molecule has 9 heteroatoms. The third kappa shape index (κ3) is 20.9. The summed E-state index contributed by atoms with van der Waals surface area (Å²) in [6, 6.07) is 8.64. The molecule has 2 unspecified atom stereocenters. The molecule has 61 heavy (non-hydrogen) atoms. The first-order chi connectivity index (χ1) is 27.4. The summed E-state index contributed by atoms with van der Waals surface area (Å²) in [4.78, 5) is 19.1. The molecule has 0 aliphatic heterocycles. The predicted octanol–water partition coefficient (Wildman–Crippen LogP) is 14.4. The van der Waals surface area contributed by atoms with Gasteiger partial charge in [-0.2, -0.15) is 0 Å². The van der Waals surface area contributed by atoms with Crippen molar-refractivity contribution in [2.45, 2.75) is 197 Å². The summed E-state index contributed by atoms with van der Waals surface area (Å²) in [5.74, 6) is 0.783. The second-order valence-electron chi connectivity index (χ2n) is 17.1. The zero-order valence-corrected chi connectivity index (χ0v) is 41.1. The Morgan fingerprint density at radius 2 is 0.918 bits per heavy atom. The van der Waals surface area contributed by atoms with E-state index >= 15 is 0 Å². The van der Waals surface area contributed by atoms with Crippen molar-refractivity contribution >= 4 is 18.6 Å². The molecule has 4 N–H and O–H groups in total. The van der Waals surface area contributed by atoms with Gasteiger partial charge in [-0.15, -0.1) is 0 Å². The van der Waals surface area contributed by atoms with Crippen molar-refractivity contribution in [3.8, 4) is 11.5 Å². The second kappa shape index (κ2) is 33.7. The summed E-state index contributed by atoms with van der Waals surface area (Å²) in [5.41, 5.74) is 6.11. The van der Waals surface area contributed by atoms with Crippen molar-refractivity contribution in [2.75, 3.05) is 26.2 Å². The van der Waals surface area contributed by atoms with Gasteiger partial charge in [0.05, 0.1) is 38.3 Å². The molecule has 1 fully saturated rings. The SMILES string of the molecule is C.CCCCCC1(CCCCC)C(N=Cc2cc(C)cc(CCCC)c2O)C1N=Cc1cc(C)cc(CCC[N+](CCCC)(CCCC)CCCC)c1O.O=C(O)O.[CH3-].[CH3-].[Cr]. The van der Waals surface area contributed by atoms with E-state index in [9.17, 15) is 10.2 Å². The van der Waals surface area contributed by atoms with Crippen LogP contribution in [0.2, 0.25) is 0 Å². The van der Waals surface area contributed by atoms with Crippen molar-refractivity contribution in [3.05, 3.63) is 72.5 Å². The Morgan fingerprint density at radius 1 is 0.590 bits per heavy atom. The van der Waals surface area contributed by atoms with E-state index in [2.05, 4.69) is 79.7 Å². The third-order valence-electron chi connectivity index (χ3n) is 12.2. The Labute approximate surface area is 386 Å². The number of aromatic hydroxyl groups is 2. The minimum absolute atomic E-state index is 0. The summed E-state index contributed by atoms with van der Waals surface area (Å²) in [7, 11) is 0. The van der Waals surface area contributed by atoms with Crippen LogP contribution in [0.3, 0.4) is 0 Å². The van der Waals surface area contributed by atoms with Crippen molar-refractivity contribution in [2.24, 2.45) is 15.4 Å². The van der Waals surface area contributed by atoms with Crippen LogP contribution in [0.25, 0.3) is 0 Å². The fourth-order valence-electron chi connectivity index (χ4n) is 8.82. The number of nitrogens with zero attached hydrogens (tertiary/aromatic N) is 3. The van der Waals surface area contributed by atoms with Gasteiger partial charge in [0.2, 0.25) is 0 Å². The van der Waals surface area contributed by atoms with Gasteiger partial charge >= 0.3 is 6.16 Å². The number of phenols is 2. The smallest absolute Gasteiger partial charge is 0.503 e. The van der Waals surface area contributed by atoms with Gasteiger partial charge in [-0.3, -0.25) is 9.98 Å². The first-order valence-corrected chi connectivity index (χ1v) is 22.9. The number of carboxylic acid groups (broad SMARTS) is 2.